The summed E-state index contributed by atoms with van der Waals surface area (Å²) in [6, 6.07) is 8.75. The van der Waals surface area contributed by atoms with Crippen LogP contribution in [-0.2, 0) is 6.42 Å². The van der Waals surface area contributed by atoms with E-state index in [1.165, 1.54) is 55.1 Å². The summed E-state index contributed by atoms with van der Waals surface area (Å²) < 4.78 is 1.19. The van der Waals surface area contributed by atoms with Gasteiger partial charge in [-0.2, -0.15) is 0 Å². The van der Waals surface area contributed by atoms with E-state index in [1.807, 2.05) is 0 Å². The van der Waals surface area contributed by atoms with E-state index in [0.29, 0.717) is 5.54 Å². The van der Waals surface area contributed by atoms with Crippen LogP contribution < -0.4 is 5.32 Å². The summed E-state index contributed by atoms with van der Waals surface area (Å²) in [7, 11) is 0. The third-order valence-electron chi connectivity index (χ3n) is 3.74. The van der Waals surface area contributed by atoms with Crippen molar-refractivity contribution in [1.29, 1.82) is 0 Å². The van der Waals surface area contributed by atoms with Crippen LogP contribution in [0.3, 0.4) is 0 Å². The molecule has 0 amide bonds. The molecule has 2 heteroatoms. The first-order valence-corrected chi connectivity index (χ1v) is 7.53. The number of halogens is 1. The maximum atomic E-state index is 3.79. The molecule has 1 N–H and O–H groups in total. The molecule has 1 nitrogen and oxygen atoms in total. The van der Waals surface area contributed by atoms with Gasteiger partial charge in [-0.05, 0) is 49.9 Å². The number of rotatable bonds is 4. The summed E-state index contributed by atoms with van der Waals surface area (Å²) in [5, 5.41) is 3.79. The van der Waals surface area contributed by atoms with Gasteiger partial charge in [-0.15, -0.1) is 0 Å². The number of hydrogen-bond acceptors (Lipinski definition) is 1. The van der Waals surface area contributed by atoms with Crippen molar-refractivity contribution in [3.63, 3.8) is 0 Å². The molecule has 1 heterocycles. The highest BCUT2D eigenvalue weighted by atomic mass is 79.9. The van der Waals surface area contributed by atoms with Crippen molar-refractivity contribution in [3.05, 3.63) is 34.3 Å². The minimum absolute atomic E-state index is 0.355. The van der Waals surface area contributed by atoms with Crippen LogP contribution in [0, 0.1) is 0 Å². The van der Waals surface area contributed by atoms with Crippen molar-refractivity contribution in [2.45, 2.75) is 51.0 Å². The Balaban J connectivity index is 2.11. The van der Waals surface area contributed by atoms with Gasteiger partial charge in [-0.25, -0.2) is 0 Å². The van der Waals surface area contributed by atoms with Gasteiger partial charge in [0.25, 0.3) is 0 Å². The van der Waals surface area contributed by atoms with Crippen molar-refractivity contribution >= 4 is 15.9 Å². The van der Waals surface area contributed by atoms with Crippen LogP contribution in [-0.4, -0.2) is 12.1 Å². The van der Waals surface area contributed by atoms with Crippen LogP contribution in [0.2, 0.25) is 0 Å². The predicted molar refractivity (Wildman–Crippen MR) is 77.3 cm³/mol. The summed E-state index contributed by atoms with van der Waals surface area (Å²) in [5.74, 6) is 0. The highest BCUT2D eigenvalue weighted by Gasteiger charge is 2.30. The fourth-order valence-corrected chi connectivity index (χ4v) is 3.45. The number of hydrogen-bond donors (Lipinski definition) is 1. The zero-order valence-corrected chi connectivity index (χ0v) is 12.2. The molecule has 0 saturated carbocycles. The topological polar surface area (TPSA) is 12.0 Å². The zero-order valence-electron chi connectivity index (χ0n) is 10.6. The van der Waals surface area contributed by atoms with Gasteiger partial charge in [0.05, 0.1) is 0 Å². The van der Waals surface area contributed by atoms with Gasteiger partial charge < -0.3 is 5.32 Å². The van der Waals surface area contributed by atoms with Gasteiger partial charge in [0.15, 0.2) is 0 Å². The molecular weight excluding hydrogens is 274 g/mol. The molecule has 1 aliphatic rings. The largest absolute Gasteiger partial charge is 0.311 e. The summed E-state index contributed by atoms with van der Waals surface area (Å²) >= 11 is 3.56. The van der Waals surface area contributed by atoms with Crippen molar-refractivity contribution in [2.24, 2.45) is 0 Å². The van der Waals surface area contributed by atoms with Crippen molar-refractivity contribution in [1.82, 2.24) is 5.32 Å². The Hall–Kier alpha value is -0.340. The summed E-state index contributed by atoms with van der Waals surface area (Å²) in [6.07, 6.45) is 7.76. The van der Waals surface area contributed by atoms with Crippen LogP contribution in [0.15, 0.2) is 28.7 Å². The normalized spacial score (nSPS) is 24.8. The van der Waals surface area contributed by atoms with Crippen molar-refractivity contribution in [2.75, 3.05) is 6.54 Å². The van der Waals surface area contributed by atoms with Gasteiger partial charge in [0.1, 0.15) is 0 Å². The standard InChI is InChI=1S/C15H22BrN/c1-2-8-15(9-3-4-10-17-15)12-13-6-5-7-14(16)11-13/h5-7,11,17H,2-4,8-10,12H2,1H3. The molecule has 1 aromatic carbocycles. The molecule has 0 bridgehead atoms. The van der Waals surface area contributed by atoms with E-state index >= 15 is 0 Å². The molecule has 1 unspecified atom stereocenters. The van der Waals surface area contributed by atoms with Crippen molar-refractivity contribution < 1.29 is 0 Å². The average Bonchev–Trinajstić information content (AvgIpc) is 2.30. The minimum atomic E-state index is 0.355. The second-order valence-electron chi connectivity index (χ2n) is 5.22. The smallest absolute Gasteiger partial charge is 0.0221 e. The zero-order chi connectivity index (χ0) is 12.1. The second-order valence-corrected chi connectivity index (χ2v) is 6.14. The van der Waals surface area contributed by atoms with Crippen LogP contribution in [0.25, 0.3) is 0 Å². The van der Waals surface area contributed by atoms with E-state index in [-0.39, 0.29) is 0 Å². The lowest BCUT2D eigenvalue weighted by Gasteiger charge is -2.39. The Kier molecular flexibility index (Phi) is 4.63. The molecular formula is C15H22BrN. The van der Waals surface area contributed by atoms with Gasteiger partial charge in [0, 0.05) is 10.0 Å². The number of benzene rings is 1. The molecule has 1 aliphatic heterocycles. The van der Waals surface area contributed by atoms with E-state index in [4.69, 9.17) is 0 Å². The fraction of sp³-hybridized carbons (Fsp3) is 0.600. The maximum absolute atomic E-state index is 3.79. The first kappa shape index (κ1) is 13.1. The summed E-state index contributed by atoms with van der Waals surface area (Å²) in [6.45, 7) is 3.48. The van der Waals surface area contributed by atoms with Crippen LogP contribution >= 0.6 is 15.9 Å². The first-order chi connectivity index (χ1) is 8.24. The quantitative estimate of drug-likeness (QED) is 0.873. The lowest BCUT2D eigenvalue weighted by atomic mass is 9.80. The molecule has 1 atom stereocenters. The second kappa shape index (κ2) is 6.01. The summed E-state index contributed by atoms with van der Waals surface area (Å²) in [5.41, 5.74) is 1.80. The third kappa shape index (κ3) is 3.56. The van der Waals surface area contributed by atoms with Gasteiger partial charge in [0.2, 0.25) is 0 Å². The van der Waals surface area contributed by atoms with Crippen LogP contribution in [0.4, 0.5) is 0 Å². The highest BCUT2D eigenvalue weighted by Crippen LogP contribution is 2.29. The average molecular weight is 296 g/mol. The van der Waals surface area contributed by atoms with E-state index in [1.54, 1.807) is 0 Å². The Morgan fingerprint density at radius 1 is 1.35 bits per heavy atom. The molecule has 0 radical (unpaired) electrons. The van der Waals surface area contributed by atoms with E-state index in [2.05, 4.69) is 52.4 Å². The number of nitrogens with one attached hydrogen (secondary N) is 1. The van der Waals surface area contributed by atoms with Crippen LogP contribution in [0.1, 0.15) is 44.6 Å². The fourth-order valence-electron chi connectivity index (χ4n) is 3.00. The SMILES string of the molecule is CCCC1(Cc2cccc(Br)c2)CCCCN1. The molecule has 1 aromatic rings. The Morgan fingerprint density at radius 2 is 2.24 bits per heavy atom. The maximum Gasteiger partial charge on any atom is 0.0221 e. The van der Waals surface area contributed by atoms with Gasteiger partial charge in [-0.1, -0.05) is 47.8 Å². The Labute approximate surface area is 113 Å². The molecule has 0 spiro atoms. The lowest BCUT2D eigenvalue weighted by molar-refractivity contribution is 0.233. The van der Waals surface area contributed by atoms with Gasteiger partial charge in [-0.3, -0.25) is 0 Å². The molecule has 2 rings (SSSR count). The van der Waals surface area contributed by atoms with E-state index in [9.17, 15) is 0 Å². The first-order valence-electron chi connectivity index (χ1n) is 6.74. The number of piperidine rings is 1. The van der Waals surface area contributed by atoms with Crippen molar-refractivity contribution in [3.8, 4) is 0 Å². The van der Waals surface area contributed by atoms with E-state index < -0.39 is 0 Å². The van der Waals surface area contributed by atoms with E-state index in [0.717, 1.165) is 0 Å². The lowest BCUT2D eigenvalue weighted by Crippen LogP contribution is -2.50. The molecule has 1 fully saturated rings. The predicted octanol–water partition coefficient (Wildman–Crippen LogP) is 4.30. The molecule has 1 saturated heterocycles. The van der Waals surface area contributed by atoms with Gasteiger partial charge >= 0.3 is 0 Å². The summed E-state index contributed by atoms with van der Waals surface area (Å²) in [4.78, 5) is 0. The third-order valence-corrected chi connectivity index (χ3v) is 4.24. The Bertz CT molecular complexity index is 350. The van der Waals surface area contributed by atoms with Crippen LogP contribution in [0.5, 0.6) is 0 Å². The monoisotopic (exact) mass is 295 g/mol. The molecule has 94 valence electrons. The minimum Gasteiger partial charge on any atom is -0.311 e. The molecule has 0 aliphatic carbocycles. The Morgan fingerprint density at radius 3 is 2.88 bits per heavy atom. The molecule has 17 heavy (non-hydrogen) atoms. The highest BCUT2D eigenvalue weighted by molar-refractivity contribution is 9.10. The molecule has 0 aromatic heterocycles.